The lowest BCUT2D eigenvalue weighted by Gasteiger charge is -2.22. The van der Waals surface area contributed by atoms with E-state index < -0.39 is 10.0 Å². The van der Waals surface area contributed by atoms with Gasteiger partial charge in [0.25, 0.3) is 0 Å². The summed E-state index contributed by atoms with van der Waals surface area (Å²) >= 11 is 0. The molecule has 0 radical (unpaired) electrons. The number of para-hydroxylation sites is 1. The van der Waals surface area contributed by atoms with Crippen LogP contribution in [-0.2, 0) is 14.8 Å². The molecule has 2 aromatic carbocycles. The Bertz CT molecular complexity index is 821. The molecular weight excluding hydrogens is 364 g/mol. The van der Waals surface area contributed by atoms with Gasteiger partial charge < -0.3 is 10.1 Å². The summed E-state index contributed by atoms with van der Waals surface area (Å²) in [5.74, 6) is 0.959. The smallest absolute Gasteiger partial charge is 0.240 e. The fraction of sp³-hybridized carbons (Fsp3) is 0.350. The highest BCUT2D eigenvalue weighted by molar-refractivity contribution is 7.92. The summed E-state index contributed by atoms with van der Waals surface area (Å²) < 4.78 is 31.1. The maximum Gasteiger partial charge on any atom is 0.240 e. The molecule has 0 aliphatic rings. The van der Waals surface area contributed by atoms with Gasteiger partial charge in [0.2, 0.25) is 15.9 Å². The summed E-state index contributed by atoms with van der Waals surface area (Å²) in [7, 11) is -3.59. The Kier molecular flexibility index (Phi) is 7.67. The second kappa shape index (κ2) is 9.97. The zero-order chi connectivity index (χ0) is 19.7. The number of amides is 1. The lowest BCUT2D eigenvalue weighted by atomic mass is 10.2. The molecule has 0 aromatic heterocycles. The van der Waals surface area contributed by atoms with Crippen molar-refractivity contribution in [1.82, 2.24) is 5.32 Å². The summed E-state index contributed by atoms with van der Waals surface area (Å²) in [5, 5.41) is 2.76. The highest BCUT2D eigenvalue weighted by Crippen LogP contribution is 2.25. The first-order valence-corrected chi connectivity index (χ1v) is 10.8. The first kappa shape index (κ1) is 20.8. The van der Waals surface area contributed by atoms with Crippen LogP contribution in [0.5, 0.6) is 11.5 Å². The molecule has 0 saturated heterocycles. The van der Waals surface area contributed by atoms with Crippen molar-refractivity contribution in [1.29, 1.82) is 0 Å². The Balaban J connectivity index is 2.04. The highest BCUT2D eigenvalue weighted by Gasteiger charge is 2.20. The minimum atomic E-state index is -3.59. The third-order valence-corrected chi connectivity index (χ3v) is 5.03. The van der Waals surface area contributed by atoms with Crippen molar-refractivity contribution in [2.45, 2.75) is 26.2 Å². The number of carbonyl (C=O) groups is 1. The van der Waals surface area contributed by atoms with E-state index in [0.29, 0.717) is 23.7 Å². The Morgan fingerprint density at radius 3 is 2.22 bits per heavy atom. The van der Waals surface area contributed by atoms with Crippen molar-refractivity contribution < 1.29 is 17.9 Å². The SMILES string of the molecule is CCCCCNC(=O)CN(c1ccc(Oc2ccccc2)cc1)S(C)(=O)=O. The van der Waals surface area contributed by atoms with Gasteiger partial charge in [-0.1, -0.05) is 38.0 Å². The van der Waals surface area contributed by atoms with Gasteiger partial charge in [0.1, 0.15) is 18.0 Å². The first-order chi connectivity index (χ1) is 12.9. The molecule has 0 unspecified atom stereocenters. The number of hydrogen-bond donors (Lipinski definition) is 1. The maximum absolute atomic E-state index is 12.1. The largest absolute Gasteiger partial charge is 0.457 e. The molecule has 0 fully saturated rings. The number of carbonyl (C=O) groups excluding carboxylic acids is 1. The molecule has 7 heteroatoms. The third-order valence-electron chi connectivity index (χ3n) is 3.89. The number of nitrogens with one attached hydrogen (secondary N) is 1. The number of benzene rings is 2. The standard InChI is InChI=1S/C20H26N2O4S/c1-3-4-8-15-21-20(23)16-22(27(2,24)25)17-11-13-19(14-12-17)26-18-9-6-5-7-10-18/h5-7,9-14H,3-4,8,15-16H2,1-2H3,(H,21,23). The average molecular weight is 391 g/mol. The van der Waals surface area contributed by atoms with Gasteiger partial charge in [0.05, 0.1) is 11.9 Å². The maximum atomic E-state index is 12.1. The van der Waals surface area contributed by atoms with Gasteiger partial charge in [-0.3, -0.25) is 9.10 Å². The minimum absolute atomic E-state index is 0.246. The molecule has 0 heterocycles. The van der Waals surface area contributed by atoms with Crippen LogP contribution in [-0.4, -0.2) is 33.7 Å². The lowest BCUT2D eigenvalue weighted by Crippen LogP contribution is -2.40. The Morgan fingerprint density at radius 1 is 1.00 bits per heavy atom. The second-order valence-electron chi connectivity index (χ2n) is 6.24. The Hall–Kier alpha value is -2.54. The van der Waals surface area contributed by atoms with Gasteiger partial charge in [-0.15, -0.1) is 0 Å². The summed E-state index contributed by atoms with van der Waals surface area (Å²) in [6.45, 7) is 2.39. The molecule has 0 aliphatic heterocycles. The predicted octanol–water partition coefficient (Wildman–Crippen LogP) is 3.55. The summed E-state index contributed by atoms with van der Waals surface area (Å²) in [6, 6.07) is 15.9. The van der Waals surface area contributed by atoms with Crippen molar-refractivity contribution in [2.24, 2.45) is 0 Å². The number of nitrogens with zero attached hydrogens (tertiary/aromatic N) is 1. The Labute approximate surface area is 161 Å². The lowest BCUT2D eigenvalue weighted by molar-refractivity contribution is -0.119. The molecular formula is C20H26N2O4S. The van der Waals surface area contributed by atoms with Crippen molar-refractivity contribution in [2.75, 3.05) is 23.7 Å². The number of hydrogen-bond acceptors (Lipinski definition) is 4. The van der Waals surface area contributed by atoms with Crippen LogP contribution in [0.15, 0.2) is 54.6 Å². The van der Waals surface area contributed by atoms with Gasteiger partial charge in [0, 0.05) is 6.54 Å². The average Bonchev–Trinajstić information content (AvgIpc) is 2.64. The summed E-state index contributed by atoms with van der Waals surface area (Å²) in [6.07, 6.45) is 4.06. The molecule has 6 nitrogen and oxygen atoms in total. The molecule has 27 heavy (non-hydrogen) atoms. The van der Waals surface area contributed by atoms with Crippen LogP contribution >= 0.6 is 0 Å². The molecule has 0 aliphatic carbocycles. The van der Waals surface area contributed by atoms with Crippen LogP contribution in [0, 0.1) is 0 Å². The molecule has 2 aromatic rings. The van der Waals surface area contributed by atoms with E-state index in [1.165, 1.54) is 0 Å². The van der Waals surface area contributed by atoms with E-state index >= 15 is 0 Å². The van der Waals surface area contributed by atoms with E-state index in [1.807, 2.05) is 30.3 Å². The minimum Gasteiger partial charge on any atom is -0.457 e. The van der Waals surface area contributed by atoms with Crippen LogP contribution in [0.25, 0.3) is 0 Å². The fourth-order valence-electron chi connectivity index (χ4n) is 2.49. The van der Waals surface area contributed by atoms with Gasteiger partial charge >= 0.3 is 0 Å². The van der Waals surface area contributed by atoms with Crippen LogP contribution in [0.1, 0.15) is 26.2 Å². The van der Waals surface area contributed by atoms with E-state index in [9.17, 15) is 13.2 Å². The Morgan fingerprint density at radius 2 is 1.63 bits per heavy atom. The van der Waals surface area contributed by atoms with Gasteiger partial charge in [0.15, 0.2) is 0 Å². The van der Waals surface area contributed by atoms with E-state index in [0.717, 1.165) is 29.8 Å². The highest BCUT2D eigenvalue weighted by atomic mass is 32.2. The fourth-order valence-corrected chi connectivity index (χ4v) is 3.35. The molecule has 0 spiro atoms. The number of unbranched alkanes of at least 4 members (excludes halogenated alkanes) is 2. The van der Waals surface area contributed by atoms with E-state index in [-0.39, 0.29) is 12.5 Å². The molecule has 1 N–H and O–H groups in total. The van der Waals surface area contributed by atoms with Crippen LogP contribution in [0.2, 0.25) is 0 Å². The van der Waals surface area contributed by atoms with Crippen LogP contribution in [0.4, 0.5) is 5.69 Å². The van der Waals surface area contributed by atoms with E-state index in [4.69, 9.17) is 4.74 Å². The quantitative estimate of drug-likeness (QED) is 0.630. The normalized spacial score (nSPS) is 11.0. The topological polar surface area (TPSA) is 75.7 Å². The van der Waals surface area contributed by atoms with Crippen LogP contribution < -0.4 is 14.4 Å². The van der Waals surface area contributed by atoms with Crippen LogP contribution in [0.3, 0.4) is 0 Å². The number of anilines is 1. The number of ether oxygens (including phenoxy) is 1. The third kappa shape index (κ3) is 6.94. The zero-order valence-corrected chi connectivity index (χ0v) is 16.5. The first-order valence-electron chi connectivity index (χ1n) is 8.97. The molecule has 0 saturated carbocycles. The van der Waals surface area contributed by atoms with Gasteiger partial charge in [-0.2, -0.15) is 0 Å². The molecule has 1 amide bonds. The van der Waals surface area contributed by atoms with Crippen molar-refractivity contribution in [3.8, 4) is 11.5 Å². The van der Waals surface area contributed by atoms with Crippen molar-refractivity contribution in [3.63, 3.8) is 0 Å². The van der Waals surface area contributed by atoms with E-state index in [1.54, 1.807) is 24.3 Å². The van der Waals surface area contributed by atoms with Crippen molar-refractivity contribution >= 4 is 21.6 Å². The molecule has 0 bridgehead atoms. The number of sulfonamides is 1. The molecule has 2 rings (SSSR count). The van der Waals surface area contributed by atoms with Gasteiger partial charge in [-0.05, 0) is 42.8 Å². The monoisotopic (exact) mass is 390 g/mol. The van der Waals surface area contributed by atoms with E-state index in [2.05, 4.69) is 12.2 Å². The second-order valence-corrected chi connectivity index (χ2v) is 8.14. The molecule has 0 atom stereocenters. The zero-order valence-electron chi connectivity index (χ0n) is 15.7. The number of rotatable bonds is 10. The van der Waals surface area contributed by atoms with Gasteiger partial charge in [-0.25, -0.2) is 8.42 Å². The summed E-state index contributed by atoms with van der Waals surface area (Å²) in [5.41, 5.74) is 0.418. The summed E-state index contributed by atoms with van der Waals surface area (Å²) in [4.78, 5) is 12.1. The van der Waals surface area contributed by atoms with Crippen molar-refractivity contribution in [3.05, 3.63) is 54.6 Å². The predicted molar refractivity (Wildman–Crippen MR) is 108 cm³/mol. The molecule has 146 valence electrons.